The molecule has 3 aromatic rings. The van der Waals surface area contributed by atoms with Crippen LogP contribution < -0.4 is 21.3 Å². The Balaban J connectivity index is 1.75. The lowest BCUT2D eigenvalue weighted by molar-refractivity contribution is -0.111. The number of hydrogen-bond donors (Lipinski definition) is 3. The molecule has 188 valence electrons. The maximum atomic E-state index is 13.1. The molecule has 36 heavy (non-hydrogen) atoms. The van der Waals surface area contributed by atoms with Gasteiger partial charge in [0.2, 0.25) is 11.9 Å². The minimum absolute atomic E-state index is 0.181. The van der Waals surface area contributed by atoms with E-state index in [9.17, 15) is 9.59 Å². The van der Waals surface area contributed by atoms with Gasteiger partial charge in [-0.05, 0) is 55.2 Å². The quantitative estimate of drug-likeness (QED) is 0.331. The Morgan fingerprint density at radius 3 is 2.33 bits per heavy atom. The van der Waals surface area contributed by atoms with Gasteiger partial charge in [-0.15, -0.1) is 0 Å². The number of amides is 2. The third kappa shape index (κ3) is 7.36. The molecular weight excluding hydrogens is 454 g/mol. The Kier molecular flexibility index (Phi) is 9.50. The summed E-state index contributed by atoms with van der Waals surface area (Å²) < 4.78 is 0. The number of benzene rings is 1. The van der Waals surface area contributed by atoms with Crippen molar-refractivity contribution in [2.75, 3.05) is 35.6 Å². The molecule has 0 saturated heterocycles. The van der Waals surface area contributed by atoms with Gasteiger partial charge in [0.1, 0.15) is 5.82 Å². The van der Waals surface area contributed by atoms with E-state index in [1.54, 1.807) is 18.5 Å². The van der Waals surface area contributed by atoms with Crippen LogP contribution in [0.3, 0.4) is 0 Å². The monoisotopic (exact) mass is 487 g/mol. The van der Waals surface area contributed by atoms with Gasteiger partial charge in [0.25, 0.3) is 5.91 Å². The molecule has 9 heteroatoms. The highest BCUT2D eigenvalue weighted by molar-refractivity contribution is 5.98. The second kappa shape index (κ2) is 13.0. The van der Waals surface area contributed by atoms with E-state index < -0.39 is 0 Å². The van der Waals surface area contributed by atoms with Crippen molar-refractivity contribution in [1.29, 1.82) is 0 Å². The molecule has 4 N–H and O–H groups in total. The van der Waals surface area contributed by atoms with Crippen molar-refractivity contribution in [2.24, 2.45) is 0 Å². The number of nitrogens with one attached hydrogen (secondary N) is 2. The largest absolute Gasteiger partial charge is 0.368 e. The molecule has 9 nitrogen and oxygen atoms in total. The summed E-state index contributed by atoms with van der Waals surface area (Å²) in [6, 6.07) is 11.1. The minimum Gasteiger partial charge on any atom is -0.368 e. The second-order valence-electron chi connectivity index (χ2n) is 8.31. The van der Waals surface area contributed by atoms with Crippen molar-refractivity contribution in [1.82, 2.24) is 20.3 Å². The zero-order valence-electron chi connectivity index (χ0n) is 20.8. The van der Waals surface area contributed by atoms with Crippen LogP contribution in [-0.4, -0.2) is 46.4 Å². The molecule has 0 unspecified atom stereocenters. The number of aromatic nitrogens is 3. The average molecular weight is 488 g/mol. The molecule has 0 spiro atoms. The lowest BCUT2D eigenvalue weighted by Crippen LogP contribution is -2.28. The van der Waals surface area contributed by atoms with E-state index in [2.05, 4.69) is 45.9 Å². The predicted molar refractivity (Wildman–Crippen MR) is 144 cm³/mol. The molecule has 0 aliphatic rings. The second-order valence-corrected chi connectivity index (χ2v) is 8.31. The number of nitrogens with two attached hydrogens (primary N) is 1. The number of nitrogens with zero attached hydrogens (tertiary/aromatic N) is 4. The van der Waals surface area contributed by atoms with Crippen LogP contribution >= 0.6 is 0 Å². The van der Waals surface area contributed by atoms with Gasteiger partial charge in [0, 0.05) is 48.8 Å². The molecular formula is C27H33N7O2. The van der Waals surface area contributed by atoms with Crippen molar-refractivity contribution >= 4 is 29.3 Å². The van der Waals surface area contributed by atoms with Crippen molar-refractivity contribution < 1.29 is 9.59 Å². The summed E-state index contributed by atoms with van der Waals surface area (Å²) in [5.41, 5.74) is 9.21. The zero-order chi connectivity index (χ0) is 25.9. The van der Waals surface area contributed by atoms with Crippen molar-refractivity contribution in [3.8, 4) is 11.3 Å². The Morgan fingerprint density at radius 2 is 1.72 bits per heavy atom. The van der Waals surface area contributed by atoms with Gasteiger partial charge in [0.15, 0.2) is 0 Å². The zero-order valence-corrected chi connectivity index (χ0v) is 20.8. The fraction of sp³-hybridized carbons (Fsp3) is 0.296. The summed E-state index contributed by atoms with van der Waals surface area (Å²) in [6.45, 7) is 9.82. The van der Waals surface area contributed by atoms with Gasteiger partial charge in [0.05, 0.1) is 5.69 Å². The molecule has 0 fully saturated rings. The van der Waals surface area contributed by atoms with Gasteiger partial charge in [-0.25, -0.2) is 15.0 Å². The topological polar surface area (TPSA) is 126 Å². The normalized spacial score (nSPS) is 10.5. The summed E-state index contributed by atoms with van der Waals surface area (Å²) in [6.07, 6.45) is 7.03. The molecule has 1 aromatic carbocycles. The Hall–Kier alpha value is -4.27. The first-order chi connectivity index (χ1) is 17.4. The van der Waals surface area contributed by atoms with E-state index in [4.69, 9.17) is 10.7 Å². The maximum Gasteiger partial charge on any atom is 0.251 e. The molecule has 0 saturated carbocycles. The van der Waals surface area contributed by atoms with Crippen LogP contribution in [0.5, 0.6) is 0 Å². The number of carbonyl (C=O) groups excluding carboxylic acids is 2. The fourth-order valence-corrected chi connectivity index (χ4v) is 3.68. The maximum absolute atomic E-state index is 13.1. The molecule has 2 aromatic heterocycles. The summed E-state index contributed by atoms with van der Waals surface area (Å²) in [7, 11) is 0. The van der Waals surface area contributed by atoms with Crippen LogP contribution in [0.15, 0.2) is 61.4 Å². The van der Waals surface area contributed by atoms with Gasteiger partial charge < -0.3 is 21.3 Å². The number of rotatable bonds is 12. The summed E-state index contributed by atoms with van der Waals surface area (Å²) >= 11 is 0. The standard InChI is InChI=1S/C27H33N7O2/c1-4-13-34(14-5-2)24-16-20(15-23(33-24)21-17-30-27(28)31-18-21)26(36)29-12-11-19-7-9-22(10-8-19)32-25(35)6-3/h6-10,15-18H,3-5,11-14H2,1-2H3,(H,29,36)(H,32,35)(H2,28,30,31). The molecule has 0 atom stereocenters. The van der Waals surface area contributed by atoms with Crippen molar-refractivity contribution in [3.63, 3.8) is 0 Å². The Labute approximate surface area is 211 Å². The van der Waals surface area contributed by atoms with Crippen LogP contribution in [0.4, 0.5) is 17.5 Å². The molecule has 2 amide bonds. The third-order valence-electron chi connectivity index (χ3n) is 5.46. The average Bonchev–Trinajstić information content (AvgIpc) is 2.89. The first-order valence-electron chi connectivity index (χ1n) is 12.1. The van der Waals surface area contributed by atoms with Gasteiger partial charge in [-0.2, -0.15) is 0 Å². The van der Waals surface area contributed by atoms with Gasteiger partial charge >= 0.3 is 0 Å². The van der Waals surface area contributed by atoms with E-state index >= 15 is 0 Å². The number of anilines is 3. The molecule has 0 radical (unpaired) electrons. The van der Waals surface area contributed by atoms with Crippen LogP contribution in [0.25, 0.3) is 11.3 Å². The van der Waals surface area contributed by atoms with Crippen molar-refractivity contribution in [2.45, 2.75) is 33.1 Å². The Morgan fingerprint density at radius 1 is 1.06 bits per heavy atom. The van der Waals surface area contributed by atoms with Crippen LogP contribution in [0.1, 0.15) is 42.6 Å². The smallest absolute Gasteiger partial charge is 0.251 e. The number of pyridine rings is 1. The first-order valence-corrected chi connectivity index (χ1v) is 12.1. The van der Waals surface area contributed by atoms with E-state index in [-0.39, 0.29) is 17.8 Å². The number of carbonyl (C=O) groups is 2. The van der Waals surface area contributed by atoms with Crippen LogP contribution in [0, 0.1) is 0 Å². The highest BCUT2D eigenvalue weighted by atomic mass is 16.2. The summed E-state index contributed by atoms with van der Waals surface area (Å²) in [5.74, 6) is 0.491. The molecule has 0 bridgehead atoms. The van der Waals surface area contributed by atoms with E-state index in [1.807, 2.05) is 30.3 Å². The summed E-state index contributed by atoms with van der Waals surface area (Å²) in [5, 5.41) is 5.72. The lowest BCUT2D eigenvalue weighted by Gasteiger charge is -2.24. The SMILES string of the molecule is C=CC(=O)Nc1ccc(CCNC(=O)c2cc(-c3cnc(N)nc3)nc(N(CCC)CCC)c2)cc1. The van der Waals surface area contributed by atoms with Gasteiger partial charge in [-0.1, -0.05) is 32.6 Å². The highest BCUT2D eigenvalue weighted by Gasteiger charge is 2.15. The van der Waals surface area contributed by atoms with Crippen molar-refractivity contribution in [3.05, 3.63) is 72.6 Å². The van der Waals surface area contributed by atoms with Gasteiger partial charge in [-0.3, -0.25) is 9.59 Å². The minimum atomic E-state index is -0.256. The number of hydrogen-bond acceptors (Lipinski definition) is 7. The van der Waals surface area contributed by atoms with E-state index in [0.29, 0.717) is 35.5 Å². The lowest BCUT2D eigenvalue weighted by atomic mass is 10.1. The van der Waals surface area contributed by atoms with E-state index in [1.165, 1.54) is 6.08 Å². The summed E-state index contributed by atoms with van der Waals surface area (Å²) in [4.78, 5) is 39.7. The molecule has 0 aliphatic carbocycles. The van der Waals surface area contributed by atoms with Crippen LogP contribution in [-0.2, 0) is 11.2 Å². The molecule has 0 aliphatic heterocycles. The number of nitrogen functional groups attached to an aromatic ring is 1. The molecule has 3 rings (SSSR count). The first kappa shape index (κ1) is 26.3. The molecule has 2 heterocycles. The third-order valence-corrected chi connectivity index (χ3v) is 5.46. The predicted octanol–water partition coefficient (Wildman–Crippen LogP) is 3.84. The fourth-order valence-electron chi connectivity index (χ4n) is 3.68. The highest BCUT2D eigenvalue weighted by Crippen LogP contribution is 2.23. The van der Waals surface area contributed by atoms with Crippen LogP contribution in [0.2, 0.25) is 0 Å². The van der Waals surface area contributed by atoms with E-state index in [0.717, 1.165) is 37.3 Å². The Bertz CT molecular complexity index is 1170.